The van der Waals surface area contributed by atoms with E-state index in [1.807, 2.05) is 13.0 Å². The minimum Gasteiger partial charge on any atom is -0.443 e. The molecular weight excluding hydrogens is 355 g/mol. The predicted octanol–water partition coefficient (Wildman–Crippen LogP) is 0.858. The van der Waals surface area contributed by atoms with Crippen LogP contribution < -0.4 is 26.0 Å². The van der Waals surface area contributed by atoms with Crippen molar-refractivity contribution in [3.05, 3.63) is 36.4 Å². The molecule has 1 aromatic carbocycles. The van der Waals surface area contributed by atoms with E-state index in [9.17, 15) is 9.18 Å². The van der Waals surface area contributed by atoms with Crippen LogP contribution in [0.1, 0.15) is 6.92 Å². The topological polar surface area (TPSA) is 90.5 Å². The van der Waals surface area contributed by atoms with Gasteiger partial charge in [0.2, 0.25) is 0 Å². The molecule has 3 aliphatic rings. The van der Waals surface area contributed by atoms with Gasteiger partial charge in [0, 0.05) is 13.1 Å². The van der Waals surface area contributed by atoms with E-state index in [1.165, 1.54) is 11.0 Å². The Morgan fingerprint density at radius 2 is 2.37 bits per heavy atom. The van der Waals surface area contributed by atoms with Gasteiger partial charge in [0.25, 0.3) is 0 Å². The van der Waals surface area contributed by atoms with Crippen LogP contribution in [0.3, 0.4) is 0 Å². The summed E-state index contributed by atoms with van der Waals surface area (Å²) in [4.78, 5) is 20.4. The van der Waals surface area contributed by atoms with Crippen molar-refractivity contribution in [3.63, 3.8) is 0 Å². The van der Waals surface area contributed by atoms with Crippen molar-refractivity contribution >= 4 is 23.8 Å². The molecule has 0 aliphatic carbocycles. The van der Waals surface area contributed by atoms with E-state index in [4.69, 9.17) is 9.57 Å². The molecule has 2 atom stereocenters. The molecule has 144 valence electrons. The fraction of sp³-hybridized carbons (Fsp3) is 0.412. The van der Waals surface area contributed by atoms with E-state index in [2.05, 4.69) is 21.3 Å². The molecule has 3 N–H and O–H groups in total. The second kappa shape index (κ2) is 7.05. The number of cyclic esters (lactones) is 1. The first-order valence-corrected chi connectivity index (χ1v) is 8.70. The number of carbonyl (C=O) groups is 1. The fourth-order valence-corrected chi connectivity index (χ4v) is 3.10. The second-order valence-electron chi connectivity index (χ2n) is 6.70. The average Bonchev–Trinajstić information content (AvgIpc) is 3.27. The SMILES string of the molecule is CC1(NCC2CN(c3ccc(N4C=NNCC4)c(F)c3)C(=O)O2)C=CON1. The molecule has 0 spiro atoms. The Hall–Kier alpha value is -2.85. The van der Waals surface area contributed by atoms with E-state index in [0.717, 1.165) is 0 Å². The summed E-state index contributed by atoms with van der Waals surface area (Å²) in [7, 11) is 0. The first-order chi connectivity index (χ1) is 13.0. The van der Waals surface area contributed by atoms with Gasteiger partial charge in [-0.2, -0.15) is 5.10 Å². The number of halogens is 1. The molecule has 1 saturated heterocycles. The van der Waals surface area contributed by atoms with Gasteiger partial charge in [-0.15, -0.1) is 5.48 Å². The lowest BCUT2D eigenvalue weighted by atomic mass is 10.2. The number of rotatable bonds is 5. The average molecular weight is 376 g/mol. The molecule has 0 radical (unpaired) electrons. The summed E-state index contributed by atoms with van der Waals surface area (Å²) in [6.07, 6.45) is 4.08. The maximum absolute atomic E-state index is 14.6. The Labute approximate surface area is 155 Å². The molecule has 0 saturated carbocycles. The number of hydrogen-bond acceptors (Lipinski definition) is 8. The third-order valence-electron chi connectivity index (χ3n) is 4.62. The summed E-state index contributed by atoms with van der Waals surface area (Å²) in [5.74, 6) is -0.417. The van der Waals surface area contributed by atoms with Gasteiger partial charge >= 0.3 is 6.09 Å². The van der Waals surface area contributed by atoms with Crippen molar-refractivity contribution in [2.75, 3.05) is 36.0 Å². The largest absolute Gasteiger partial charge is 0.443 e. The lowest BCUT2D eigenvalue weighted by Crippen LogP contribution is -2.52. The summed E-state index contributed by atoms with van der Waals surface area (Å²) in [6, 6.07) is 4.70. The highest BCUT2D eigenvalue weighted by Crippen LogP contribution is 2.27. The summed E-state index contributed by atoms with van der Waals surface area (Å²) in [5, 5.41) is 7.16. The van der Waals surface area contributed by atoms with Crippen molar-refractivity contribution in [2.24, 2.45) is 5.10 Å². The summed E-state index contributed by atoms with van der Waals surface area (Å²) in [6.45, 7) is 3.92. The predicted molar refractivity (Wildman–Crippen MR) is 97.6 cm³/mol. The minimum absolute atomic E-state index is 0.334. The molecule has 3 aliphatic heterocycles. The smallest absolute Gasteiger partial charge is 0.414 e. The zero-order valence-electron chi connectivity index (χ0n) is 14.8. The highest BCUT2D eigenvalue weighted by Gasteiger charge is 2.35. The fourth-order valence-electron chi connectivity index (χ4n) is 3.10. The van der Waals surface area contributed by atoms with Gasteiger partial charge < -0.3 is 19.9 Å². The van der Waals surface area contributed by atoms with Crippen molar-refractivity contribution < 1.29 is 18.8 Å². The number of nitrogens with zero attached hydrogens (tertiary/aromatic N) is 3. The number of hydrazone groups is 1. The van der Waals surface area contributed by atoms with Gasteiger partial charge in [-0.1, -0.05) is 0 Å². The monoisotopic (exact) mass is 376 g/mol. The number of anilines is 2. The Morgan fingerprint density at radius 1 is 1.48 bits per heavy atom. The molecule has 1 aromatic rings. The van der Waals surface area contributed by atoms with E-state index in [0.29, 0.717) is 37.6 Å². The van der Waals surface area contributed by atoms with Crippen LogP contribution in [0.25, 0.3) is 0 Å². The van der Waals surface area contributed by atoms with Gasteiger partial charge in [0.15, 0.2) is 0 Å². The van der Waals surface area contributed by atoms with Crippen LogP contribution in [0.4, 0.5) is 20.6 Å². The standard InChI is InChI=1S/C17H21FN6O3/c1-17(4-7-26-22-17)19-9-13-10-24(16(25)27-13)12-2-3-15(14(18)8-12)23-6-5-20-21-11-23/h2-4,7-8,11,13,19-20,22H,5-6,9-10H2,1H3. The summed E-state index contributed by atoms with van der Waals surface area (Å²) >= 11 is 0. The number of hydrogen-bond donors (Lipinski definition) is 3. The molecule has 27 heavy (non-hydrogen) atoms. The quantitative estimate of drug-likeness (QED) is 0.702. The van der Waals surface area contributed by atoms with Crippen molar-refractivity contribution in [1.82, 2.24) is 16.2 Å². The number of ether oxygens (including phenoxy) is 1. The van der Waals surface area contributed by atoms with E-state index in [1.54, 1.807) is 29.6 Å². The van der Waals surface area contributed by atoms with E-state index in [-0.39, 0.29) is 6.10 Å². The molecule has 1 amide bonds. The van der Waals surface area contributed by atoms with Crippen LogP contribution >= 0.6 is 0 Å². The van der Waals surface area contributed by atoms with Crippen molar-refractivity contribution in [2.45, 2.75) is 18.7 Å². The molecule has 1 fully saturated rings. The van der Waals surface area contributed by atoms with Gasteiger partial charge in [-0.25, -0.2) is 9.18 Å². The van der Waals surface area contributed by atoms with Crippen molar-refractivity contribution in [3.8, 4) is 0 Å². The molecule has 2 unspecified atom stereocenters. The number of nitrogens with one attached hydrogen (secondary N) is 3. The maximum atomic E-state index is 14.6. The van der Waals surface area contributed by atoms with Crippen LogP contribution in [0.15, 0.2) is 35.6 Å². The van der Waals surface area contributed by atoms with Gasteiger partial charge in [0.1, 0.15) is 30.2 Å². The van der Waals surface area contributed by atoms with Crippen LogP contribution in [-0.4, -0.2) is 50.4 Å². The van der Waals surface area contributed by atoms with Gasteiger partial charge in [-0.05, 0) is 31.2 Å². The molecule has 0 aromatic heterocycles. The first-order valence-electron chi connectivity index (χ1n) is 8.70. The number of carbonyl (C=O) groups excluding carboxylic acids is 1. The molecule has 9 nitrogen and oxygen atoms in total. The molecule has 4 rings (SSSR count). The maximum Gasteiger partial charge on any atom is 0.414 e. The number of amides is 1. The van der Waals surface area contributed by atoms with E-state index >= 15 is 0 Å². The Kier molecular flexibility index (Phi) is 4.58. The van der Waals surface area contributed by atoms with Crippen LogP contribution in [0, 0.1) is 5.82 Å². The molecule has 3 heterocycles. The third kappa shape index (κ3) is 3.67. The molecular formula is C17H21FN6O3. The minimum atomic E-state index is -0.515. The lowest BCUT2D eigenvalue weighted by Gasteiger charge is -2.24. The number of benzene rings is 1. The Bertz CT molecular complexity index is 788. The molecule has 0 bridgehead atoms. The Morgan fingerprint density at radius 3 is 3.07 bits per heavy atom. The summed E-state index contributed by atoms with van der Waals surface area (Å²) in [5.41, 5.74) is 5.99. The van der Waals surface area contributed by atoms with Gasteiger partial charge in [-0.3, -0.25) is 10.2 Å². The normalized spacial score (nSPS) is 26.9. The van der Waals surface area contributed by atoms with Crippen LogP contribution in [0.5, 0.6) is 0 Å². The highest BCUT2D eigenvalue weighted by molar-refractivity contribution is 5.90. The van der Waals surface area contributed by atoms with Crippen LogP contribution in [-0.2, 0) is 9.57 Å². The highest BCUT2D eigenvalue weighted by atomic mass is 19.1. The van der Waals surface area contributed by atoms with E-state index < -0.39 is 17.6 Å². The Balaban J connectivity index is 1.41. The second-order valence-corrected chi connectivity index (χ2v) is 6.70. The summed E-state index contributed by atoms with van der Waals surface area (Å²) < 4.78 is 20.0. The third-order valence-corrected chi connectivity index (χ3v) is 4.62. The van der Waals surface area contributed by atoms with Crippen LogP contribution in [0.2, 0.25) is 0 Å². The zero-order chi connectivity index (χ0) is 18.9. The number of hydroxylamine groups is 1. The van der Waals surface area contributed by atoms with Crippen molar-refractivity contribution in [1.29, 1.82) is 0 Å². The first kappa shape index (κ1) is 17.6. The molecule has 10 heteroatoms. The zero-order valence-corrected chi connectivity index (χ0v) is 14.8. The lowest BCUT2D eigenvalue weighted by molar-refractivity contribution is 0.0788. The van der Waals surface area contributed by atoms with Gasteiger partial charge in [0.05, 0.1) is 24.5 Å².